The summed E-state index contributed by atoms with van der Waals surface area (Å²) in [5.74, 6) is 0.523. The van der Waals surface area contributed by atoms with Crippen molar-refractivity contribution in [3.05, 3.63) is 77.2 Å². The summed E-state index contributed by atoms with van der Waals surface area (Å²) in [5.41, 5.74) is 6.06. The van der Waals surface area contributed by atoms with E-state index >= 15 is 0 Å². The van der Waals surface area contributed by atoms with Gasteiger partial charge in [0.1, 0.15) is 11.7 Å². The highest BCUT2D eigenvalue weighted by Gasteiger charge is 2.32. The van der Waals surface area contributed by atoms with Crippen LogP contribution in [0.25, 0.3) is 11.1 Å². The predicted octanol–water partition coefficient (Wildman–Crippen LogP) is 4.93. The Morgan fingerprint density at radius 3 is 2.53 bits per heavy atom. The molecule has 2 aliphatic rings. The van der Waals surface area contributed by atoms with Gasteiger partial charge in [-0.15, -0.1) is 0 Å². The number of nitrogens with zero attached hydrogens (tertiary/aromatic N) is 3. The van der Waals surface area contributed by atoms with Crippen molar-refractivity contribution < 1.29 is 9.53 Å². The van der Waals surface area contributed by atoms with Crippen molar-refractivity contribution >= 4 is 5.91 Å². The normalized spacial score (nSPS) is 16.2. The molecule has 5 heteroatoms. The second-order valence-electron chi connectivity index (χ2n) is 8.22. The summed E-state index contributed by atoms with van der Waals surface area (Å²) in [6, 6.07) is 14.4. The van der Waals surface area contributed by atoms with Crippen molar-refractivity contribution in [3.8, 4) is 17.0 Å². The van der Waals surface area contributed by atoms with Gasteiger partial charge >= 0.3 is 0 Å². The summed E-state index contributed by atoms with van der Waals surface area (Å²) in [6.45, 7) is 3.17. The lowest BCUT2D eigenvalue weighted by molar-refractivity contribution is 0.0760. The molecule has 0 spiro atoms. The van der Waals surface area contributed by atoms with Crippen LogP contribution in [-0.2, 0) is 13.1 Å². The molecular formula is C25H25N3O2. The molecule has 0 atom stereocenters. The number of hydrogen-bond acceptors (Lipinski definition) is 4. The van der Waals surface area contributed by atoms with Gasteiger partial charge < -0.3 is 9.64 Å². The Bertz CT molecular complexity index is 1070. The minimum absolute atomic E-state index is 0.0138. The van der Waals surface area contributed by atoms with Crippen LogP contribution in [-0.4, -0.2) is 26.9 Å². The zero-order chi connectivity index (χ0) is 20.5. The smallest absolute Gasteiger partial charge is 0.260 e. The molecule has 0 radical (unpaired) electrons. The first kappa shape index (κ1) is 18.8. The minimum Gasteiger partial charge on any atom is -0.474 e. The highest BCUT2D eigenvalue weighted by molar-refractivity contribution is 6.00. The minimum atomic E-state index is 0.0138. The van der Waals surface area contributed by atoms with Crippen molar-refractivity contribution in [3.63, 3.8) is 0 Å². The lowest BCUT2D eigenvalue weighted by atomic mass is 10.0. The molecule has 3 heterocycles. The molecule has 0 bridgehead atoms. The first-order valence-corrected chi connectivity index (χ1v) is 10.6. The number of aryl methyl sites for hydroxylation is 1. The summed E-state index contributed by atoms with van der Waals surface area (Å²) in [5, 5.41) is 0. The van der Waals surface area contributed by atoms with E-state index in [2.05, 4.69) is 40.3 Å². The second-order valence-corrected chi connectivity index (χ2v) is 8.22. The SMILES string of the molecule is Cc1cc(-c2ccc(CN3Cc4ccnc(OC5CCCC5)c4C3=O)cc2)ccn1. The molecule has 5 nitrogen and oxygen atoms in total. The van der Waals surface area contributed by atoms with Gasteiger partial charge in [0.25, 0.3) is 5.91 Å². The Morgan fingerprint density at radius 1 is 1.00 bits per heavy atom. The molecule has 2 aromatic heterocycles. The molecule has 1 amide bonds. The molecule has 3 aromatic rings. The second kappa shape index (κ2) is 7.90. The van der Waals surface area contributed by atoms with Crippen molar-refractivity contribution in [2.45, 2.75) is 51.8 Å². The highest BCUT2D eigenvalue weighted by atomic mass is 16.5. The number of pyridine rings is 2. The molecule has 0 unspecified atom stereocenters. The van der Waals surface area contributed by atoms with Crippen LogP contribution in [0.2, 0.25) is 0 Å². The maximum atomic E-state index is 13.1. The van der Waals surface area contributed by atoms with Gasteiger partial charge in [0, 0.05) is 31.2 Å². The van der Waals surface area contributed by atoms with Gasteiger partial charge in [-0.2, -0.15) is 0 Å². The standard InChI is InChI=1S/C25H25N3O2/c1-17-14-20(10-12-26-17)19-8-6-18(7-9-19)15-28-16-21-11-13-27-24(23(21)25(28)29)30-22-4-2-3-5-22/h6-14,22H,2-5,15-16H2,1H3. The number of rotatable bonds is 5. The summed E-state index contributed by atoms with van der Waals surface area (Å²) < 4.78 is 6.10. The van der Waals surface area contributed by atoms with Gasteiger partial charge in [-0.3, -0.25) is 9.78 Å². The van der Waals surface area contributed by atoms with Crippen LogP contribution >= 0.6 is 0 Å². The van der Waals surface area contributed by atoms with Crippen LogP contribution in [0.1, 0.15) is 52.9 Å². The third-order valence-corrected chi connectivity index (χ3v) is 6.00. The molecule has 30 heavy (non-hydrogen) atoms. The number of hydrogen-bond donors (Lipinski definition) is 0. The molecule has 152 valence electrons. The van der Waals surface area contributed by atoms with Gasteiger partial charge in [-0.1, -0.05) is 24.3 Å². The fraction of sp³-hybridized carbons (Fsp3) is 0.320. The summed E-state index contributed by atoms with van der Waals surface area (Å²) in [6.07, 6.45) is 8.25. The van der Waals surface area contributed by atoms with Crippen LogP contribution in [0.3, 0.4) is 0 Å². The average Bonchev–Trinajstić information content (AvgIpc) is 3.37. The lowest BCUT2D eigenvalue weighted by Gasteiger charge is -2.17. The zero-order valence-electron chi connectivity index (χ0n) is 17.2. The average molecular weight is 399 g/mol. The fourth-order valence-corrected chi connectivity index (χ4v) is 4.41. The first-order valence-electron chi connectivity index (χ1n) is 10.6. The fourth-order valence-electron chi connectivity index (χ4n) is 4.41. The van der Waals surface area contributed by atoms with Crippen LogP contribution in [0.15, 0.2) is 54.9 Å². The summed E-state index contributed by atoms with van der Waals surface area (Å²) >= 11 is 0. The van der Waals surface area contributed by atoms with Crippen molar-refractivity contribution in [2.75, 3.05) is 0 Å². The number of amides is 1. The number of fused-ring (bicyclic) bond motifs is 1. The van der Waals surface area contributed by atoms with E-state index in [-0.39, 0.29) is 12.0 Å². The molecule has 1 fully saturated rings. The quantitative estimate of drug-likeness (QED) is 0.610. The van der Waals surface area contributed by atoms with Crippen LogP contribution in [0.5, 0.6) is 5.88 Å². The molecule has 0 saturated heterocycles. The molecule has 1 saturated carbocycles. The number of benzene rings is 1. The Morgan fingerprint density at radius 2 is 1.77 bits per heavy atom. The Balaban J connectivity index is 1.31. The van der Waals surface area contributed by atoms with Gasteiger partial charge in [-0.05, 0) is 73.1 Å². The van der Waals surface area contributed by atoms with Gasteiger partial charge in [-0.25, -0.2) is 4.98 Å². The van der Waals surface area contributed by atoms with E-state index in [1.807, 2.05) is 30.2 Å². The topological polar surface area (TPSA) is 55.3 Å². The maximum Gasteiger partial charge on any atom is 0.260 e. The van der Waals surface area contributed by atoms with Gasteiger partial charge in [0.15, 0.2) is 0 Å². The molecule has 1 aromatic carbocycles. The van der Waals surface area contributed by atoms with E-state index in [1.165, 1.54) is 12.8 Å². The molecular weight excluding hydrogens is 374 g/mol. The van der Waals surface area contributed by atoms with Crippen molar-refractivity contribution in [2.24, 2.45) is 0 Å². The van der Waals surface area contributed by atoms with Gasteiger partial charge in [0.2, 0.25) is 5.88 Å². The Hall–Kier alpha value is -3.21. The molecule has 1 aliphatic heterocycles. The number of carbonyl (C=O) groups excluding carboxylic acids is 1. The number of carbonyl (C=O) groups is 1. The first-order chi connectivity index (χ1) is 14.7. The lowest BCUT2D eigenvalue weighted by Crippen LogP contribution is -2.24. The predicted molar refractivity (Wildman–Crippen MR) is 115 cm³/mol. The zero-order valence-corrected chi connectivity index (χ0v) is 17.2. The van der Waals surface area contributed by atoms with E-state index in [0.29, 0.717) is 24.5 Å². The largest absolute Gasteiger partial charge is 0.474 e. The van der Waals surface area contributed by atoms with Crippen LogP contribution < -0.4 is 4.74 Å². The van der Waals surface area contributed by atoms with E-state index in [9.17, 15) is 4.79 Å². The van der Waals surface area contributed by atoms with Crippen molar-refractivity contribution in [1.29, 1.82) is 0 Å². The molecule has 1 aliphatic carbocycles. The van der Waals surface area contributed by atoms with E-state index < -0.39 is 0 Å². The summed E-state index contributed by atoms with van der Waals surface area (Å²) in [7, 11) is 0. The third kappa shape index (κ3) is 3.67. The number of ether oxygens (including phenoxy) is 1. The van der Waals surface area contributed by atoms with Crippen LogP contribution in [0.4, 0.5) is 0 Å². The monoisotopic (exact) mass is 399 g/mol. The Labute approximate surface area is 176 Å². The molecule has 0 N–H and O–H groups in total. The number of aromatic nitrogens is 2. The van der Waals surface area contributed by atoms with E-state index in [1.54, 1.807) is 6.20 Å². The third-order valence-electron chi connectivity index (χ3n) is 6.00. The van der Waals surface area contributed by atoms with E-state index in [0.717, 1.165) is 40.8 Å². The summed E-state index contributed by atoms with van der Waals surface area (Å²) in [4.78, 5) is 23.6. The van der Waals surface area contributed by atoms with Gasteiger partial charge in [0.05, 0.1) is 0 Å². The van der Waals surface area contributed by atoms with E-state index in [4.69, 9.17) is 4.74 Å². The van der Waals surface area contributed by atoms with Crippen molar-refractivity contribution in [1.82, 2.24) is 14.9 Å². The highest BCUT2D eigenvalue weighted by Crippen LogP contribution is 2.33. The molecule has 5 rings (SSSR count). The van der Waals surface area contributed by atoms with Crippen LogP contribution in [0, 0.1) is 6.92 Å². The Kier molecular flexibility index (Phi) is 4.95. The maximum absolute atomic E-state index is 13.1.